The largest absolute Gasteiger partial charge is 0.327 e. The van der Waals surface area contributed by atoms with Crippen molar-refractivity contribution in [3.8, 4) is 0 Å². The highest BCUT2D eigenvalue weighted by atomic mass is 32.1. The zero-order valence-electron chi connectivity index (χ0n) is 9.41. The van der Waals surface area contributed by atoms with Gasteiger partial charge in [-0.05, 0) is 24.7 Å². The molecular weight excluding hydrogens is 204 g/mol. The van der Waals surface area contributed by atoms with E-state index in [4.69, 9.17) is 5.73 Å². The van der Waals surface area contributed by atoms with E-state index in [0.717, 1.165) is 6.42 Å². The van der Waals surface area contributed by atoms with E-state index < -0.39 is 0 Å². The molecule has 2 N–H and O–H groups in total. The van der Waals surface area contributed by atoms with Crippen LogP contribution in [0, 0.1) is 5.41 Å². The quantitative estimate of drug-likeness (QED) is 0.857. The second-order valence-electron chi connectivity index (χ2n) is 4.99. The Morgan fingerprint density at radius 2 is 2.20 bits per heavy atom. The maximum atomic E-state index is 6.35. The summed E-state index contributed by atoms with van der Waals surface area (Å²) in [4.78, 5) is 5.43. The Kier molecular flexibility index (Phi) is 3.42. The van der Waals surface area contributed by atoms with Gasteiger partial charge in [-0.1, -0.05) is 26.2 Å². The molecule has 0 radical (unpaired) electrons. The van der Waals surface area contributed by atoms with Crippen LogP contribution in [0.2, 0.25) is 0 Å². The monoisotopic (exact) mass is 224 g/mol. The molecule has 0 aromatic carbocycles. The SMILES string of the molecule is CC1(C(N)Cc2cncs2)CCCCC1. The lowest BCUT2D eigenvalue weighted by Crippen LogP contribution is -2.42. The first-order chi connectivity index (χ1) is 7.21. The lowest BCUT2D eigenvalue weighted by atomic mass is 9.70. The zero-order chi connectivity index (χ0) is 10.7. The highest BCUT2D eigenvalue weighted by Crippen LogP contribution is 2.39. The van der Waals surface area contributed by atoms with Gasteiger partial charge >= 0.3 is 0 Å². The Balaban J connectivity index is 1.97. The van der Waals surface area contributed by atoms with Crippen molar-refractivity contribution in [3.63, 3.8) is 0 Å². The molecule has 1 saturated carbocycles. The van der Waals surface area contributed by atoms with E-state index >= 15 is 0 Å². The number of aromatic nitrogens is 1. The molecule has 1 atom stereocenters. The summed E-state index contributed by atoms with van der Waals surface area (Å²) < 4.78 is 0. The predicted molar refractivity (Wildman–Crippen MR) is 65.0 cm³/mol. The van der Waals surface area contributed by atoms with Crippen LogP contribution in [0.4, 0.5) is 0 Å². The molecule has 0 aliphatic heterocycles. The van der Waals surface area contributed by atoms with Crippen LogP contribution < -0.4 is 5.73 Å². The maximum absolute atomic E-state index is 6.35. The predicted octanol–water partition coefficient (Wildman–Crippen LogP) is 2.98. The van der Waals surface area contributed by atoms with Gasteiger partial charge in [0.2, 0.25) is 0 Å². The van der Waals surface area contributed by atoms with Crippen molar-refractivity contribution in [2.45, 2.75) is 51.5 Å². The standard InChI is InChI=1S/C12H20N2S/c1-12(5-3-2-4-6-12)11(13)7-10-8-14-9-15-10/h8-9,11H,2-7,13H2,1H3. The Bertz CT molecular complexity index is 289. The van der Waals surface area contributed by atoms with Gasteiger partial charge in [0.1, 0.15) is 0 Å². The van der Waals surface area contributed by atoms with E-state index in [1.54, 1.807) is 11.3 Å². The summed E-state index contributed by atoms with van der Waals surface area (Å²) in [5.41, 5.74) is 8.61. The minimum absolute atomic E-state index is 0.304. The number of nitrogens with two attached hydrogens (primary N) is 1. The van der Waals surface area contributed by atoms with Crippen molar-refractivity contribution in [3.05, 3.63) is 16.6 Å². The number of hydrogen-bond acceptors (Lipinski definition) is 3. The van der Waals surface area contributed by atoms with Crippen molar-refractivity contribution in [2.24, 2.45) is 11.1 Å². The minimum atomic E-state index is 0.304. The van der Waals surface area contributed by atoms with Gasteiger partial charge < -0.3 is 5.73 Å². The third-order valence-corrected chi connectivity index (χ3v) is 4.60. The minimum Gasteiger partial charge on any atom is -0.327 e. The molecule has 1 fully saturated rings. The summed E-state index contributed by atoms with van der Waals surface area (Å²) in [6, 6.07) is 0.304. The van der Waals surface area contributed by atoms with Crippen LogP contribution in [-0.2, 0) is 6.42 Å². The summed E-state index contributed by atoms with van der Waals surface area (Å²) >= 11 is 1.72. The Morgan fingerprint density at radius 1 is 1.47 bits per heavy atom. The third-order valence-electron chi connectivity index (χ3n) is 3.80. The van der Waals surface area contributed by atoms with E-state index in [1.165, 1.54) is 37.0 Å². The highest BCUT2D eigenvalue weighted by Gasteiger charge is 2.33. The fourth-order valence-corrected chi connectivity index (χ4v) is 3.19. The van der Waals surface area contributed by atoms with Crippen LogP contribution in [0.15, 0.2) is 11.7 Å². The normalized spacial score (nSPS) is 22.5. The fourth-order valence-electron chi connectivity index (χ4n) is 2.54. The first-order valence-electron chi connectivity index (χ1n) is 5.84. The van der Waals surface area contributed by atoms with Gasteiger partial charge in [-0.2, -0.15) is 0 Å². The summed E-state index contributed by atoms with van der Waals surface area (Å²) in [5.74, 6) is 0. The molecule has 3 heteroatoms. The molecule has 0 bridgehead atoms. The summed E-state index contributed by atoms with van der Waals surface area (Å²) in [7, 11) is 0. The Morgan fingerprint density at radius 3 is 2.80 bits per heavy atom. The molecule has 1 aromatic heterocycles. The van der Waals surface area contributed by atoms with Gasteiger partial charge in [-0.3, -0.25) is 4.98 Å². The van der Waals surface area contributed by atoms with Crippen LogP contribution in [0.5, 0.6) is 0 Å². The van der Waals surface area contributed by atoms with Gasteiger partial charge in [0.15, 0.2) is 0 Å². The molecule has 84 valence electrons. The van der Waals surface area contributed by atoms with E-state index in [2.05, 4.69) is 11.9 Å². The lowest BCUT2D eigenvalue weighted by molar-refractivity contribution is 0.169. The maximum Gasteiger partial charge on any atom is 0.0794 e. The molecule has 2 rings (SSSR count). The summed E-state index contributed by atoms with van der Waals surface area (Å²) in [6.07, 6.45) is 9.65. The van der Waals surface area contributed by atoms with Crippen LogP contribution in [0.25, 0.3) is 0 Å². The third kappa shape index (κ3) is 2.58. The van der Waals surface area contributed by atoms with E-state index in [-0.39, 0.29) is 0 Å². The second-order valence-corrected chi connectivity index (χ2v) is 5.96. The zero-order valence-corrected chi connectivity index (χ0v) is 10.2. The molecule has 1 aromatic rings. The van der Waals surface area contributed by atoms with Crippen LogP contribution in [0.3, 0.4) is 0 Å². The molecule has 1 heterocycles. The van der Waals surface area contributed by atoms with Crippen molar-refractivity contribution in [1.82, 2.24) is 4.98 Å². The molecule has 0 saturated heterocycles. The molecule has 2 nitrogen and oxygen atoms in total. The van der Waals surface area contributed by atoms with Gasteiger partial charge in [0.25, 0.3) is 0 Å². The van der Waals surface area contributed by atoms with Crippen LogP contribution in [0.1, 0.15) is 43.9 Å². The first-order valence-corrected chi connectivity index (χ1v) is 6.72. The Hall–Kier alpha value is -0.410. The van der Waals surface area contributed by atoms with Crippen LogP contribution >= 0.6 is 11.3 Å². The topological polar surface area (TPSA) is 38.9 Å². The molecule has 1 aliphatic rings. The molecule has 0 amide bonds. The average Bonchev–Trinajstić information content (AvgIpc) is 2.71. The lowest BCUT2D eigenvalue weighted by Gasteiger charge is -2.38. The number of hydrogen-bond donors (Lipinski definition) is 1. The van der Waals surface area contributed by atoms with E-state index in [0.29, 0.717) is 11.5 Å². The molecule has 15 heavy (non-hydrogen) atoms. The molecule has 1 aliphatic carbocycles. The van der Waals surface area contributed by atoms with Gasteiger partial charge in [-0.15, -0.1) is 11.3 Å². The van der Waals surface area contributed by atoms with Crippen molar-refractivity contribution < 1.29 is 0 Å². The second kappa shape index (κ2) is 4.62. The van der Waals surface area contributed by atoms with Crippen LogP contribution in [-0.4, -0.2) is 11.0 Å². The van der Waals surface area contributed by atoms with E-state index in [1.807, 2.05) is 11.7 Å². The summed E-state index contributed by atoms with van der Waals surface area (Å²) in [5, 5.41) is 0. The van der Waals surface area contributed by atoms with Crippen molar-refractivity contribution in [1.29, 1.82) is 0 Å². The number of rotatable bonds is 3. The number of thiazole rings is 1. The van der Waals surface area contributed by atoms with Gasteiger partial charge in [-0.25, -0.2) is 0 Å². The van der Waals surface area contributed by atoms with Crippen molar-refractivity contribution in [2.75, 3.05) is 0 Å². The smallest absolute Gasteiger partial charge is 0.0794 e. The van der Waals surface area contributed by atoms with Gasteiger partial charge in [0.05, 0.1) is 5.51 Å². The molecular formula is C12H20N2S. The van der Waals surface area contributed by atoms with Gasteiger partial charge in [0, 0.05) is 17.1 Å². The fraction of sp³-hybridized carbons (Fsp3) is 0.750. The first kappa shape index (κ1) is 11.1. The Labute approximate surface area is 95.9 Å². The molecule has 1 unspecified atom stereocenters. The average molecular weight is 224 g/mol. The van der Waals surface area contributed by atoms with E-state index in [9.17, 15) is 0 Å². The van der Waals surface area contributed by atoms with Crippen molar-refractivity contribution >= 4 is 11.3 Å². The number of nitrogens with zero attached hydrogens (tertiary/aromatic N) is 1. The molecule has 0 spiro atoms. The highest BCUT2D eigenvalue weighted by molar-refractivity contribution is 7.09. The summed E-state index contributed by atoms with van der Waals surface area (Å²) in [6.45, 7) is 2.36.